The minimum atomic E-state index is -2.91. The third-order valence-corrected chi connectivity index (χ3v) is 4.70. The molecule has 0 saturated heterocycles. The summed E-state index contributed by atoms with van der Waals surface area (Å²) in [6.07, 6.45) is 2.65. The van der Waals surface area contributed by atoms with Gasteiger partial charge in [-0.1, -0.05) is 27.7 Å². The van der Waals surface area contributed by atoms with Crippen LogP contribution in [0.3, 0.4) is 0 Å². The number of alkyl halides is 2. The number of carbonyl (C=O) groups excluding carboxylic acids is 2. The molecule has 2 unspecified atom stereocenters. The molecule has 2 atom stereocenters. The van der Waals surface area contributed by atoms with Gasteiger partial charge in [0.25, 0.3) is 5.92 Å². The Kier molecular flexibility index (Phi) is 6.81. The van der Waals surface area contributed by atoms with E-state index in [2.05, 4.69) is 0 Å². The van der Waals surface area contributed by atoms with Crippen molar-refractivity contribution in [3.63, 3.8) is 0 Å². The van der Waals surface area contributed by atoms with Crippen LogP contribution in [0.1, 0.15) is 66.2 Å². The minimum absolute atomic E-state index is 0.146. The SMILES string of the molecule is CCC(C)(CCC=O)C(F)(F)C(C)(CC)CCC=O. The van der Waals surface area contributed by atoms with E-state index in [0.29, 0.717) is 25.4 Å². The lowest BCUT2D eigenvalue weighted by atomic mass is 9.63. The van der Waals surface area contributed by atoms with Gasteiger partial charge in [-0.2, -0.15) is 0 Å². The Morgan fingerprint density at radius 1 is 0.842 bits per heavy atom. The van der Waals surface area contributed by atoms with Gasteiger partial charge < -0.3 is 9.59 Å². The molecule has 0 amide bonds. The maximum absolute atomic E-state index is 14.9. The molecule has 0 aromatic carbocycles. The lowest BCUT2D eigenvalue weighted by Gasteiger charge is -2.47. The highest BCUT2D eigenvalue weighted by atomic mass is 19.3. The highest BCUT2D eigenvalue weighted by molar-refractivity contribution is 5.49. The summed E-state index contributed by atoms with van der Waals surface area (Å²) in [4.78, 5) is 21.0. The molecular weight excluding hydrogens is 250 g/mol. The van der Waals surface area contributed by atoms with Crippen LogP contribution in [0.2, 0.25) is 0 Å². The summed E-state index contributed by atoms with van der Waals surface area (Å²) >= 11 is 0. The molecule has 0 spiro atoms. The number of hydrogen-bond donors (Lipinski definition) is 0. The van der Waals surface area contributed by atoms with Gasteiger partial charge >= 0.3 is 0 Å². The van der Waals surface area contributed by atoms with Crippen molar-refractivity contribution in [3.8, 4) is 0 Å². The average molecular weight is 276 g/mol. The third-order valence-electron chi connectivity index (χ3n) is 4.70. The molecule has 2 nitrogen and oxygen atoms in total. The first-order valence-corrected chi connectivity index (χ1v) is 6.99. The second kappa shape index (κ2) is 7.11. The van der Waals surface area contributed by atoms with Gasteiger partial charge in [0.15, 0.2) is 0 Å². The highest BCUT2D eigenvalue weighted by Gasteiger charge is 2.58. The van der Waals surface area contributed by atoms with Crippen LogP contribution in [0.4, 0.5) is 8.78 Å². The van der Waals surface area contributed by atoms with E-state index in [4.69, 9.17) is 0 Å². The van der Waals surface area contributed by atoms with Crippen LogP contribution in [-0.2, 0) is 9.59 Å². The van der Waals surface area contributed by atoms with Crippen LogP contribution in [0.5, 0.6) is 0 Å². The molecule has 19 heavy (non-hydrogen) atoms. The zero-order valence-electron chi connectivity index (χ0n) is 12.5. The molecule has 0 aliphatic heterocycles. The Labute approximate surface area is 115 Å². The van der Waals surface area contributed by atoms with Crippen LogP contribution in [0.25, 0.3) is 0 Å². The molecular formula is C15H26F2O2. The van der Waals surface area contributed by atoms with Crippen molar-refractivity contribution in [2.45, 2.75) is 72.1 Å². The number of rotatable bonds is 10. The van der Waals surface area contributed by atoms with Gasteiger partial charge in [-0.3, -0.25) is 0 Å². The fourth-order valence-corrected chi connectivity index (χ4v) is 2.60. The molecule has 0 aromatic heterocycles. The third kappa shape index (κ3) is 3.61. The summed E-state index contributed by atoms with van der Waals surface area (Å²) in [7, 11) is 0. The molecule has 0 fully saturated rings. The van der Waals surface area contributed by atoms with Gasteiger partial charge in [0.05, 0.1) is 0 Å². The van der Waals surface area contributed by atoms with Crippen LogP contribution < -0.4 is 0 Å². The summed E-state index contributed by atoms with van der Waals surface area (Å²) in [5.74, 6) is -2.91. The smallest absolute Gasteiger partial charge is 0.258 e. The first kappa shape index (κ1) is 18.2. The van der Waals surface area contributed by atoms with Gasteiger partial charge in [-0.15, -0.1) is 0 Å². The Morgan fingerprint density at radius 2 is 1.16 bits per heavy atom. The fourth-order valence-electron chi connectivity index (χ4n) is 2.60. The summed E-state index contributed by atoms with van der Waals surface area (Å²) in [5, 5.41) is 0. The zero-order chi connectivity index (χ0) is 15.2. The Hall–Kier alpha value is -0.800. The number of aldehydes is 2. The normalized spacial score (nSPS) is 18.4. The van der Waals surface area contributed by atoms with E-state index in [9.17, 15) is 18.4 Å². The first-order valence-electron chi connectivity index (χ1n) is 6.99. The maximum Gasteiger partial charge on any atom is 0.258 e. The van der Waals surface area contributed by atoms with Crippen molar-refractivity contribution in [2.24, 2.45) is 10.8 Å². The van der Waals surface area contributed by atoms with Crippen molar-refractivity contribution in [1.82, 2.24) is 0 Å². The molecule has 112 valence electrons. The summed E-state index contributed by atoms with van der Waals surface area (Å²) < 4.78 is 29.9. The average Bonchev–Trinajstić information content (AvgIpc) is 2.41. The van der Waals surface area contributed by atoms with E-state index < -0.39 is 16.8 Å². The zero-order valence-corrected chi connectivity index (χ0v) is 12.5. The minimum Gasteiger partial charge on any atom is -0.303 e. The number of hydrogen-bond acceptors (Lipinski definition) is 2. The topological polar surface area (TPSA) is 34.1 Å². The monoisotopic (exact) mass is 276 g/mol. The molecule has 0 rings (SSSR count). The first-order chi connectivity index (χ1) is 8.74. The van der Waals surface area contributed by atoms with Crippen molar-refractivity contribution < 1.29 is 18.4 Å². The second-order valence-electron chi connectivity index (χ2n) is 5.81. The van der Waals surface area contributed by atoms with Crippen molar-refractivity contribution >= 4 is 12.6 Å². The summed E-state index contributed by atoms with van der Waals surface area (Å²) in [6.45, 7) is 6.56. The highest BCUT2D eigenvalue weighted by Crippen LogP contribution is 2.56. The molecule has 0 aliphatic rings. The number of halogens is 2. The van der Waals surface area contributed by atoms with E-state index in [-0.39, 0.29) is 25.7 Å². The molecule has 0 saturated carbocycles. The van der Waals surface area contributed by atoms with Crippen molar-refractivity contribution in [2.75, 3.05) is 0 Å². The molecule has 4 heteroatoms. The Bertz CT molecular complexity index is 277. The molecule has 0 aromatic rings. The quantitative estimate of drug-likeness (QED) is 0.554. The Balaban J connectivity index is 5.34. The largest absolute Gasteiger partial charge is 0.303 e. The fraction of sp³-hybridized carbons (Fsp3) is 0.867. The van der Waals surface area contributed by atoms with E-state index in [1.165, 1.54) is 0 Å². The lowest BCUT2D eigenvalue weighted by molar-refractivity contribution is -0.207. The van der Waals surface area contributed by atoms with Crippen molar-refractivity contribution in [1.29, 1.82) is 0 Å². The summed E-state index contributed by atoms with van der Waals surface area (Å²) in [5.41, 5.74) is -2.41. The van der Waals surface area contributed by atoms with Gasteiger partial charge in [0, 0.05) is 23.7 Å². The predicted octanol–water partition coefficient (Wildman–Crippen LogP) is 4.41. The summed E-state index contributed by atoms with van der Waals surface area (Å²) in [6, 6.07) is 0. The van der Waals surface area contributed by atoms with Crippen LogP contribution in [-0.4, -0.2) is 18.5 Å². The number of carbonyl (C=O) groups is 2. The molecule has 0 heterocycles. The molecule has 0 aliphatic carbocycles. The maximum atomic E-state index is 14.9. The molecule has 0 radical (unpaired) electrons. The van der Waals surface area contributed by atoms with Gasteiger partial charge in [0.2, 0.25) is 0 Å². The van der Waals surface area contributed by atoms with E-state index in [0.717, 1.165) is 0 Å². The predicted molar refractivity (Wildman–Crippen MR) is 72.3 cm³/mol. The molecule has 0 bridgehead atoms. The lowest BCUT2D eigenvalue weighted by Crippen LogP contribution is -2.51. The van der Waals surface area contributed by atoms with Crippen LogP contribution in [0.15, 0.2) is 0 Å². The van der Waals surface area contributed by atoms with Gasteiger partial charge in [-0.05, 0) is 25.7 Å². The van der Waals surface area contributed by atoms with E-state index in [1.807, 2.05) is 0 Å². The van der Waals surface area contributed by atoms with E-state index in [1.54, 1.807) is 27.7 Å². The van der Waals surface area contributed by atoms with E-state index >= 15 is 0 Å². The van der Waals surface area contributed by atoms with Gasteiger partial charge in [-0.25, -0.2) is 8.78 Å². The van der Waals surface area contributed by atoms with Crippen LogP contribution in [0, 0.1) is 10.8 Å². The molecule has 0 N–H and O–H groups in total. The van der Waals surface area contributed by atoms with Crippen molar-refractivity contribution in [3.05, 3.63) is 0 Å². The van der Waals surface area contributed by atoms with Gasteiger partial charge in [0.1, 0.15) is 12.6 Å². The van der Waals surface area contributed by atoms with Crippen LogP contribution >= 0.6 is 0 Å². The second-order valence-corrected chi connectivity index (χ2v) is 5.81. The standard InChI is InChI=1S/C15H26F2O2/c1-5-13(3,9-7-11-18)15(16,17)14(4,6-2)10-8-12-19/h11-12H,5-10H2,1-4H3. The Morgan fingerprint density at radius 3 is 1.37 bits per heavy atom.